The molecule has 4 aromatic rings. The summed E-state index contributed by atoms with van der Waals surface area (Å²) in [7, 11) is -26.7. The van der Waals surface area contributed by atoms with E-state index in [1.54, 1.807) is 48.5 Å². The third-order valence-electron chi connectivity index (χ3n) is 13.7. The van der Waals surface area contributed by atoms with E-state index < -0.39 is 95.2 Å². The number of anilines is 2. The summed E-state index contributed by atoms with van der Waals surface area (Å²) in [5.74, 6) is -3.78. The fourth-order valence-electron chi connectivity index (χ4n) is 9.58. The van der Waals surface area contributed by atoms with Crippen molar-refractivity contribution in [2.75, 3.05) is 83.6 Å². The molecule has 0 N–H and O–H groups in total. The standard InChI is InChI=1S/C27H36N2O9S3.C26H34N2O9S3.4Na/c1-21-6-12-25-24(20-21)27(2,3)26(29(25)14-4-5-17-39(30,31)32)13-9-22-7-10-23(11-8-22)28(15-18-40(33,34)35)16-19-41(36,37)38;1-26(2)23-7-3-4-8-24(23)28(15-5-6-18-38(29,30)31)25(26)14-11-21-9-12-22(13-10-21)27(16-19-39(32,33)34)17-20-40(35,36)37;;;;/h6-13,20H,4-5,14-19H2,1-3H3,(H2-,30,31,32,33,34,35,36,37,38);3-4,7-14H,5-6,15-20H2,1-2H3,(H2-,29,30,31,32,33,34,35,36,37);;;;/q;;4*+1/p-4. The molecule has 0 atom stereocenters. The van der Waals surface area contributed by atoms with Crippen LogP contribution in [0.2, 0.25) is 0 Å². The first-order valence-electron chi connectivity index (χ1n) is 25.5. The van der Waals surface area contributed by atoms with Crippen molar-refractivity contribution in [2.45, 2.75) is 71.1 Å². The van der Waals surface area contributed by atoms with Crippen LogP contribution in [0.3, 0.4) is 0 Å². The molecule has 446 valence electrons. The molecule has 4 aromatic carbocycles. The molecule has 85 heavy (non-hydrogen) atoms. The molecule has 0 amide bonds. The molecule has 0 bridgehead atoms. The van der Waals surface area contributed by atoms with E-state index in [1.807, 2.05) is 67.6 Å². The van der Waals surface area contributed by atoms with E-state index in [4.69, 9.17) is 0 Å². The maximum Gasteiger partial charge on any atom is 1.00 e. The monoisotopic (exact) mass is 1330 g/mol. The van der Waals surface area contributed by atoms with Gasteiger partial charge in [-0.25, -0.2) is 50.5 Å². The minimum atomic E-state index is -4.55. The number of fused-ring (bicyclic) bond motifs is 2. The summed E-state index contributed by atoms with van der Waals surface area (Å²) in [6.45, 7) is 10.4. The maximum absolute atomic E-state index is 11.1. The smallest absolute Gasteiger partial charge is 0.748 e. The molecule has 0 aromatic heterocycles. The second-order valence-corrected chi connectivity index (χ2v) is 29.8. The van der Waals surface area contributed by atoms with Crippen molar-refractivity contribution in [3.63, 3.8) is 0 Å². The molecule has 22 nitrogen and oxygen atoms in total. The Morgan fingerprint density at radius 2 is 0.718 bits per heavy atom. The number of para-hydroxylation sites is 1. The van der Waals surface area contributed by atoms with Gasteiger partial charge in [0.05, 0.1) is 94.6 Å². The predicted octanol–water partition coefficient (Wildman–Crippen LogP) is -7.68. The van der Waals surface area contributed by atoms with Gasteiger partial charge in [-0.05, 0) is 101 Å². The van der Waals surface area contributed by atoms with Crippen LogP contribution in [0.25, 0.3) is 12.2 Å². The molecular weight excluding hydrogens is 1260 g/mol. The van der Waals surface area contributed by atoms with Gasteiger partial charge in [0.2, 0.25) is 11.4 Å². The summed E-state index contributed by atoms with van der Waals surface area (Å²) in [6.07, 6.45) is 9.23. The van der Waals surface area contributed by atoms with Crippen LogP contribution >= 0.6 is 0 Å². The van der Waals surface area contributed by atoms with Crippen LogP contribution in [0.1, 0.15) is 81.2 Å². The van der Waals surface area contributed by atoms with Gasteiger partial charge in [-0.15, -0.1) is 0 Å². The topological polar surface area (TPSA) is 356 Å². The largest absolute Gasteiger partial charge is 1.00 e. The van der Waals surface area contributed by atoms with Crippen molar-refractivity contribution >= 4 is 107 Å². The third kappa shape index (κ3) is 27.2. The summed E-state index contributed by atoms with van der Waals surface area (Å²) in [6, 6.07) is 27.7. The molecule has 0 spiro atoms. The molecule has 0 unspecified atom stereocenters. The van der Waals surface area contributed by atoms with Crippen molar-refractivity contribution < 1.29 is 205 Å². The van der Waals surface area contributed by atoms with Gasteiger partial charge in [0.1, 0.15) is 13.1 Å². The first-order valence-corrected chi connectivity index (χ1v) is 35.0. The van der Waals surface area contributed by atoms with Gasteiger partial charge in [0, 0.05) is 97.3 Å². The zero-order valence-corrected chi connectivity index (χ0v) is 62.3. The molecule has 2 aliphatic heterocycles. The van der Waals surface area contributed by atoms with E-state index in [0.29, 0.717) is 37.3 Å². The molecule has 0 saturated carbocycles. The van der Waals surface area contributed by atoms with Gasteiger partial charge in [0.25, 0.3) is 0 Å². The molecule has 2 aliphatic rings. The van der Waals surface area contributed by atoms with Crippen molar-refractivity contribution in [3.8, 4) is 0 Å². The number of allylic oxidation sites excluding steroid dienone is 2. The van der Waals surface area contributed by atoms with E-state index in [0.717, 1.165) is 50.6 Å². The van der Waals surface area contributed by atoms with Gasteiger partial charge >= 0.3 is 118 Å². The van der Waals surface area contributed by atoms with Crippen molar-refractivity contribution in [1.29, 1.82) is 0 Å². The Bertz CT molecular complexity index is 3680. The quantitative estimate of drug-likeness (QED) is 0.0221. The van der Waals surface area contributed by atoms with Gasteiger partial charge in [0.15, 0.2) is 11.4 Å². The summed E-state index contributed by atoms with van der Waals surface area (Å²) in [5.41, 5.74) is 9.08. The number of unbranched alkanes of at least 4 members (excludes halogenated alkanes) is 2. The molecule has 0 fully saturated rings. The number of hydrogen-bond acceptors (Lipinski definition) is 20. The van der Waals surface area contributed by atoms with Crippen molar-refractivity contribution in [2.24, 2.45) is 0 Å². The van der Waals surface area contributed by atoms with Crippen LogP contribution in [-0.2, 0) is 71.5 Å². The first-order chi connectivity index (χ1) is 37.3. The second-order valence-electron chi connectivity index (χ2n) is 20.7. The van der Waals surface area contributed by atoms with Gasteiger partial charge in [-0.3, -0.25) is 0 Å². The number of nitrogens with zero attached hydrogens (tertiary/aromatic N) is 4. The number of aryl methyl sites for hydroxylation is 1. The van der Waals surface area contributed by atoms with Crippen LogP contribution in [0.5, 0.6) is 0 Å². The molecule has 0 saturated heterocycles. The zero-order valence-electron chi connectivity index (χ0n) is 49.4. The number of benzene rings is 4. The summed E-state index contributed by atoms with van der Waals surface area (Å²) >= 11 is 0. The average molecular weight is 1330 g/mol. The number of hydrogen-bond donors (Lipinski definition) is 0. The SMILES string of the molecule is CC1(C)C(/C=C/c2ccc(N(CCS(=O)(=O)[O-])CCS(=O)(=O)[O-])cc2)=[N+](CCCCS(=O)(=O)[O-])c2ccccc21.Cc1ccc2c(c1)C(C)(C)C(/C=C/c1ccc(N(CCS(=O)(=O)[O-])CCS(=O)(=O)[O-])cc1)=[N+]2CCCCS(=O)(=O)[O-].[Na+].[Na+].[Na+].[Na+]. The molecule has 32 heteroatoms. The van der Waals surface area contributed by atoms with Gasteiger partial charge in [-0.2, -0.15) is 9.15 Å². The Hall–Kier alpha value is -1.24. The minimum Gasteiger partial charge on any atom is -0.748 e. The van der Waals surface area contributed by atoms with E-state index in [1.165, 1.54) is 9.80 Å². The molecular formula is C53H66N4Na4O18S6. The Kier molecular flexibility index (Phi) is 33.1. The Balaban J connectivity index is 0.000000812. The van der Waals surface area contributed by atoms with Crippen LogP contribution in [0, 0.1) is 6.92 Å². The third-order valence-corrected chi connectivity index (χ3v) is 18.0. The second kappa shape index (κ2) is 34.4. The zero-order chi connectivity index (χ0) is 60.4. The van der Waals surface area contributed by atoms with E-state index in [2.05, 4.69) is 42.9 Å². The van der Waals surface area contributed by atoms with Crippen LogP contribution < -0.4 is 128 Å². The average Bonchev–Trinajstić information content (AvgIpc) is 3.68. The van der Waals surface area contributed by atoms with Crippen LogP contribution in [-0.4, -0.2) is 172 Å². The Morgan fingerprint density at radius 1 is 0.400 bits per heavy atom. The van der Waals surface area contributed by atoms with Crippen LogP contribution in [0.15, 0.2) is 103 Å². The van der Waals surface area contributed by atoms with E-state index in [-0.39, 0.29) is 168 Å². The molecule has 6 rings (SSSR count). The number of rotatable bonds is 28. The summed E-state index contributed by atoms with van der Waals surface area (Å²) < 4.78 is 204. The van der Waals surface area contributed by atoms with Crippen molar-refractivity contribution in [1.82, 2.24) is 0 Å². The fraction of sp³-hybridized carbons (Fsp3) is 0.434. The maximum atomic E-state index is 11.1. The van der Waals surface area contributed by atoms with Gasteiger partial charge in [-0.1, -0.05) is 54.1 Å². The van der Waals surface area contributed by atoms with Crippen LogP contribution in [0.4, 0.5) is 22.7 Å². The Morgan fingerprint density at radius 3 is 1.06 bits per heavy atom. The van der Waals surface area contributed by atoms with Crippen molar-refractivity contribution in [3.05, 3.63) is 131 Å². The summed E-state index contributed by atoms with van der Waals surface area (Å²) in [4.78, 5) is 2.74. The fourth-order valence-corrected chi connectivity index (χ4v) is 12.5. The predicted molar refractivity (Wildman–Crippen MR) is 304 cm³/mol. The first kappa shape index (κ1) is 81.8. The Labute approximate surface area is 590 Å². The molecule has 0 radical (unpaired) electrons. The van der Waals surface area contributed by atoms with E-state index in [9.17, 15) is 77.8 Å². The van der Waals surface area contributed by atoms with E-state index >= 15 is 0 Å². The summed E-state index contributed by atoms with van der Waals surface area (Å²) in [5, 5.41) is 0. The molecule has 2 heterocycles. The normalized spacial score (nSPS) is 14.8. The van der Waals surface area contributed by atoms with Gasteiger partial charge < -0.3 is 37.1 Å². The molecule has 0 aliphatic carbocycles. The minimum absolute atomic E-state index is 0.